The van der Waals surface area contributed by atoms with Gasteiger partial charge in [0.25, 0.3) is 0 Å². The lowest BCUT2D eigenvalue weighted by Crippen LogP contribution is -2.81. The standard InChI is InChI=1S/C29H35N3O2/c1-20-7-10-22-16-25-29-12-11-27(19-34-29,31-26(33)30-23-5-3-2-4-6-23)18-28(29,24(22)15-20)13-14-32(25)17-21-8-9-21/h2-7,10,15,21,25H,8-9,11-14,16-19H2,1H3,(H2,30,31,33)/t25-,27?,28-,29-/m1/s1. The molecule has 0 radical (unpaired) electrons. The summed E-state index contributed by atoms with van der Waals surface area (Å²) in [6, 6.07) is 17.1. The topological polar surface area (TPSA) is 53.6 Å². The highest BCUT2D eigenvalue weighted by Gasteiger charge is 2.71. The Labute approximate surface area is 202 Å². The van der Waals surface area contributed by atoms with Crippen molar-refractivity contribution < 1.29 is 9.53 Å². The van der Waals surface area contributed by atoms with Gasteiger partial charge in [-0.2, -0.15) is 0 Å². The second-order valence-corrected chi connectivity index (χ2v) is 11.7. The number of anilines is 1. The average molecular weight is 458 g/mol. The van der Waals surface area contributed by atoms with Crippen molar-refractivity contribution in [2.45, 2.75) is 74.5 Å². The number of benzene rings is 2. The van der Waals surface area contributed by atoms with Gasteiger partial charge in [-0.3, -0.25) is 4.90 Å². The highest BCUT2D eigenvalue weighted by Crippen LogP contribution is 2.64. The van der Waals surface area contributed by atoms with Crippen molar-refractivity contribution in [2.75, 3.05) is 25.0 Å². The zero-order chi connectivity index (χ0) is 23.0. The summed E-state index contributed by atoms with van der Waals surface area (Å²) in [7, 11) is 0. The van der Waals surface area contributed by atoms with Crippen molar-refractivity contribution in [3.05, 3.63) is 65.2 Å². The van der Waals surface area contributed by atoms with Crippen LogP contribution in [0.4, 0.5) is 10.5 Å². The molecule has 8 rings (SSSR count). The molecule has 2 N–H and O–H groups in total. The third-order valence-electron chi connectivity index (χ3n) is 9.63. The molecule has 1 spiro atoms. The predicted molar refractivity (Wildman–Crippen MR) is 133 cm³/mol. The molecule has 3 aliphatic heterocycles. The number of aryl methyl sites for hydroxylation is 1. The second kappa shape index (κ2) is 7.32. The lowest BCUT2D eigenvalue weighted by Gasteiger charge is -2.71. The van der Waals surface area contributed by atoms with Crippen LogP contribution < -0.4 is 10.6 Å². The van der Waals surface area contributed by atoms with E-state index in [1.807, 2.05) is 30.3 Å². The Morgan fingerprint density at radius 3 is 2.74 bits per heavy atom. The van der Waals surface area contributed by atoms with Crippen LogP contribution in [0, 0.1) is 12.8 Å². The summed E-state index contributed by atoms with van der Waals surface area (Å²) in [6.45, 7) is 5.20. The minimum atomic E-state index is -0.317. The minimum Gasteiger partial charge on any atom is -0.370 e. The maximum atomic E-state index is 13.1. The number of nitrogens with one attached hydrogen (secondary N) is 2. The third kappa shape index (κ3) is 3.02. The molecule has 3 aliphatic carbocycles. The number of urea groups is 1. The molecule has 2 aromatic carbocycles. The molecule has 2 amide bonds. The van der Waals surface area contributed by atoms with E-state index in [0.717, 1.165) is 50.3 Å². The zero-order valence-corrected chi connectivity index (χ0v) is 20.1. The summed E-state index contributed by atoms with van der Waals surface area (Å²) in [6.07, 6.45) is 7.99. The summed E-state index contributed by atoms with van der Waals surface area (Å²) in [4.78, 5) is 15.9. The Bertz CT molecular complexity index is 1120. The van der Waals surface area contributed by atoms with Crippen LogP contribution in [0.15, 0.2) is 48.5 Å². The van der Waals surface area contributed by atoms with Crippen molar-refractivity contribution in [1.82, 2.24) is 10.2 Å². The fourth-order valence-corrected chi connectivity index (χ4v) is 7.94. The van der Waals surface area contributed by atoms with Crippen LogP contribution in [0.1, 0.15) is 55.2 Å². The molecule has 5 nitrogen and oxygen atoms in total. The SMILES string of the molecule is Cc1ccc2c(c1)[C@]13CCN(CC4CC4)[C@H](C2)[C@]12CCC(NC(=O)Nc1ccccc1)(CO2)C3. The first kappa shape index (κ1) is 21.0. The molecular formula is C29H35N3O2. The van der Waals surface area contributed by atoms with Gasteiger partial charge in [0.1, 0.15) is 0 Å². The summed E-state index contributed by atoms with van der Waals surface area (Å²) in [5.41, 5.74) is 4.69. The van der Waals surface area contributed by atoms with Crippen LogP contribution in [0.2, 0.25) is 0 Å². The van der Waals surface area contributed by atoms with Crippen LogP contribution in [0.5, 0.6) is 0 Å². The number of para-hydroxylation sites is 1. The maximum absolute atomic E-state index is 13.1. The fraction of sp³-hybridized carbons (Fsp3) is 0.552. The van der Waals surface area contributed by atoms with Gasteiger partial charge in [0.05, 0.1) is 17.7 Å². The first-order valence-corrected chi connectivity index (χ1v) is 13.1. The lowest BCUT2D eigenvalue weighted by atomic mass is 9.45. The molecule has 178 valence electrons. The number of nitrogens with zero attached hydrogens (tertiary/aromatic N) is 1. The molecule has 0 aromatic heterocycles. The van der Waals surface area contributed by atoms with E-state index >= 15 is 0 Å². The molecule has 4 atom stereocenters. The zero-order valence-electron chi connectivity index (χ0n) is 20.1. The maximum Gasteiger partial charge on any atom is 0.319 e. The Morgan fingerprint density at radius 2 is 1.97 bits per heavy atom. The van der Waals surface area contributed by atoms with Gasteiger partial charge in [-0.25, -0.2) is 4.79 Å². The highest BCUT2D eigenvalue weighted by molar-refractivity contribution is 5.89. The number of carbonyl (C=O) groups excluding carboxylic acids is 1. The Hall–Kier alpha value is -2.37. The minimum absolute atomic E-state index is 0.0200. The molecule has 34 heavy (non-hydrogen) atoms. The molecule has 6 aliphatic rings. The van der Waals surface area contributed by atoms with Crippen molar-refractivity contribution in [3.8, 4) is 0 Å². The fourth-order valence-electron chi connectivity index (χ4n) is 7.94. The van der Waals surface area contributed by atoms with Gasteiger partial charge in [-0.05, 0) is 87.6 Å². The Kier molecular flexibility index (Phi) is 4.51. The van der Waals surface area contributed by atoms with E-state index in [0.29, 0.717) is 12.6 Å². The number of ether oxygens (including phenoxy) is 1. The molecule has 4 bridgehead atoms. The van der Waals surface area contributed by atoms with E-state index in [4.69, 9.17) is 4.74 Å². The first-order valence-electron chi connectivity index (χ1n) is 13.1. The highest BCUT2D eigenvalue weighted by atomic mass is 16.5. The van der Waals surface area contributed by atoms with E-state index in [2.05, 4.69) is 40.7 Å². The third-order valence-corrected chi connectivity index (χ3v) is 9.63. The van der Waals surface area contributed by atoms with Gasteiger partial charge < -0.3 is 15.4 Å². The van der Waals surface area contributed by atoms with Gasteiger partial charge >= 0.3 is 6.03 Å². The first-order chi connectivity index (χ1) is 16.5. The lowest BCUT2D eigenvalue weighted by molar-refractivity contribution is -0.261. The number of fused-ring (bicyclic) bond motifs is 3. The van der Waals surface area contributed by atoms with Gasteiger partial charge in [0.2, 0.25) is 0 Å². The van der Waals surface area contributed by atoms with Crippen LogP contribution in [0.3, 0.4) is 0 Å². The number of hydrogen-bond acceptors (Lipinski definition) is 3. The molecule has 5 fully saturated rings. The van der Waals surface area contributed by atoms with Crippen LogP contribution in [-0.2, 0) is 16.6 Å². The van der Waals surface area contributed by atoms with Gasteiger partial charge in [0.15, 0.2) is 0 Å². The van der Waals surface area contributed by atoms with Gasteiger partial charge in [-0.15, -0.1) is 0 Å². The number of hydrogen-bond donors (Lipinski definition) is 2. The van der Waals surface area contributed by atoms with Gasteiger partial charge in [-0.1, -0.05) is 42.0 Å². The van der Waals surface area contributed by atoms with Crippen LogP contribution in [0.25, 0.3) is 0 Å². The van der Waals surface area contributed by atoms with E-state index < -0.39 is 0 Å². The normalized spacial score (nSPS) is 35.9. The number of carbonyl (C=O) groups is 1. The molecule has 2 saturated carbocycles. The van der Waals surface area contributed by atoms with Crippen LogP contribution in [-0.4, -0.2) is 47.8 Å². The van der Waals surface area contributed by atoms with Crippen molar-refractivity contribution in [2.24, 2.45) is 5.92 Å². The average Bonchev–Trinajstić information content (AvgIpc) is 3.66. The van der Waals surface area contributed by atoms with Crippen molar-refractivity contribution in [1.29, 1.82) is 0 Å². The summed E-state index contributed by atoms with van der Waals surface area (Å²) in [5, 5.41) is 6.45. The predicted octanol–water partition coefficient (Wildman–Crippen LogP) is 4.79. The number of rotatable bonds is 4. The summed E-state index contributed by atoms with van der Waals surface area (Å²) >= 11 is 0. The van der Waals surface area contributed by atoms with E-state index in [9.17, 15) is 4.79 Å². The molecular weight excluding hydrogens is 422 g/mol. The Balaban J connectivity index is 1.24. The van der Waals surface area contributed by atoms with E-state index in [-0.39, 0.29) is 22.6 Å². The molecule has 3 saturated heterocycles. The monoisotopic (exact) mass is 457 g/mol. The number of likely N-dealkylation sites (tertiary alicyclic amines) is 1. The molecule has 3 heterocycles. The smallest absolute Gasteiger partial charge is 0.319 e. The molecule has 2 aromatic rings. The van der Waals surface area contributed by atoms with E-state index in [1.54, 1.807) is 0 Å². The Morgan fingerprint density at radius 1 is 1.12 bits per heavy atom. The summed E-state index contributed by atoms with van der Waals surface area (Å²) in [5.74, 6) is 0.887. The van der Waals surface area contributed by atoms with Crippen molar-refractivity contribution in [3.63, 3.8) is 0 Å². The quantitative estimate of drug-likeness (QED) is 0.694. The largest absolute Gasteiger partial charge is 0.370 e. The summed E-state index contributed by atoms with van der Waals surface area (Å²) < 4.78 is 7.03. The number of amides is 2. The number of piperidine rings is 1. The van der Waals surface area contributed by atoms with Crippen LogP contribution >= 0.6 is 0 Å². The van der Waals surface area contributed by atoms with Crippen molar-refractivity contribution >= 4 is 11.7 Å². The van der Waals surface area contributed by atoms with Gasteiger partial charge in [0, 0.05) is 23.7 Å². The second-order valence-electron chi connectivity index (χ2n) is 11.7. The van der Waals surface area contributed by atoms with E-state index in [1.165, 1.54) is 36.1 Å². The molecule has 5 heteroatoms. The molecule has 1 unspecified atom stereocenters.